The lowest BCUT2D eigenvalue weighted by molar-refractivity contribution is 0.0695. The van der Waals surface area contributed by atoms with Crippen LogP contribution in [0.5, 0.6) is 17.2 Å². The quantitative estimate of drug-likeness (QED) is 0.786. The summed E-state index contributed by atoms with van der Waals surface area (Å²) >= 11 is 0. The van der Waals surface area contributed by atoms with Crippen molar-refractivity contribution in [3.63, 3.8) is 0 Å². The van der Waals surface area contributed by atoms with Gasteiger partial charge in [0, 0.05) is 12.0 Å². The van der Waals surface area contributed by atoms with Crippen molar-refractivity contribution in [2.24, 2.45) is 0 Å². The van der Waals surface area contributed by atoms with Crippen LogP contribution in [-0.2, 0) is 6.42 Å². The average molecular weight is 330 g/mol. The Bertz CT molecular complexity index is 749. The van der Waals surface area contributed by atoms with E-state index in [9.17, 15) is 14.7 Å². The topological polar surface area (TPSA) is 82.1 Å². The highest BCUT2D eigenvalue weighted by Gasteiger charge is 2.19. The molecule has 2 rings (SSSR count). The van der Waals surface area contributed by atoms with Crippen molar-refractivity contribution in [1.82, 2.24) is 0 Å². The van der Waals surface area contributed by atoms with Gasteiger partial charge in [-0.05, 0) is 42.0 Å². The Hall–Kier alpha value is -3.02. The minimum Gasteiger partial charge on any atom is -0.497 e. The molecule has 126 valence electrons. The molecule has 0 amide bonds. The van der Waals surface area contributed by atoms with E-state index in [4.69, 9.17) is 14.2 Å². The van der Waals surface area contributed by atoms with Gasteiger partial charge in [0.1, 0.15) is 5.75 Å². The third-order valence-electron chi connectivity index (χ3n) is 3.60. The summed E-state index contributed by atoms with van der Waals surface area (Å²) in [4.78, 5) is 23.9. The van der Waals surface area contributed by atoms with E-state index >= 15 is 0 Å². The van der Waals surface area contributed by atoms with Crippen LogP contribution in [0.1, 0.15) is 26.3 Å². The van der Waals surface area contributed by atoms with Crippen LogP contribution in [0.15, 0.2) is 36.4 Å². The van der Waals surface area contributed by atoms with Gasteiger partial charge in [-0.1, -0.05) is 0 Å². The van der Waals surface area contributed by atoms with E-state index in [0.717, 1.165) is 0 Å². The highest BCUT2D eigenvalue weighted by molar-refractivity contribution is 6.00. The number of methoxy groups -OCH3 is 3. The number of hydrogen-bond donors (Lipinski definition) is 1. The lowest BCUT2D eigenvalue weighted by atomic mass is 9.98. The molecule has 6 heteroatoms. The first kappa shape index (κ1) is 17.3. The molecule has 24 heavy (non-hydrogen) atoms. The Balaban J connectivity index is 2.36. The van der Waals surface area contributed by atoms with Gasteiger partial charge in [-0.15, -0.1) is 0 Å². The molecule has 0 saturated heterocycles. The minimum absolute atomic E-state index is 0.00881. The molecular formula is C18H18O6. The summed E-state index contributed by atoms with van der Waals surface area (Å²) in [6, 6.07) is 9.52. The molecule has 1 N–H and O–H groups in total. The highest BCUT2D eigenvalue weighted by Crippen LogP contribution is 2.31. The average Bonchev–Trinajstić information content (AvgIpc) is 2.61. The summed E-state index contributed by atoms with van der Waals surface area (Å²) in [7, 11) is 4.42. The molecule has 0 fully saturated rings. The second kappa shape index (κ2) is 7.50. The molecule has 0 unspecified atom stereocenters. The van der Waals surface area contributed by atoms with E-state index in [0.29, 0.717) is 28.4 Å². The van der Waals surface area contributed by atoms with Crippen LogP contribution in [0.25, 0.3) is 0 Å². The Morgan fingerprint density at radius 3 is 2.00 bits per heavy atom. The maximum Gasteiger partial charge on any atom is 0.336 e. The maximum atomic E-state index is 12.4. The smallest absolute Gasteiger partial charge is 0.336 e. The normalized spacial score (nSPS) is 10.1. The molecule has 0 radical (unpaired) electrons. The Morgan fingerprint density at radius 1 is 0.917 bits per heavy atom. The van der Waals surface area contributed by atoms with Gasteiger partial charge in [-0.2, -0.15) is 0 Å². The molecule has 0 aliphatic rings. The zero-order valence-corrected chi connectivity index (χ0v) is 13.7. The third kappa shape index (κ3) is 3.65. The molecule has 0 saturated carbocycles. The van der Waals surface area contributed by atoms with Crippen LogP contribution in [0.2, 0.25) is 0 Å². The summed E-state index contributed by atoms with van der Waals surface area (Å²) in [5, 5.41) is 9.38. The molecule has 0 heterocycles. The highest BCUT2D eigenvalue weighted by atomic mass is 16.5. The van der Waals surface area contributed by atoms with Crippen LogP contribution < -0.4 is 14.2 Å². The van der Waals surface area contributed by atoms with Crippen LogP contribution in [0.4, 0.5) is 0 Å². The number of ketones is 1. The number of carboxylic acids is 1. The first-order chi connectivity index (χ1) is 11.5. The van der Waals surface area contributed by atoms with E-state index in [2.05, 4.69) is 0 Å². The van der Waals surface area contributed by atoms with Gasteiger partial charge < -0.3 is 19.3 Å². The van der Waals surface area contributed by atoms with Crippen LogP contribution in [0.3, 0.4) is 0 Å². The van der Waals surface area contributed by atoms with E-state index in [1.807, 2.05) is 0 Å². The van der Waals surface area contributed by atoms with Crippen molar-refractivity contribution >= 4 is 11.8 Å². The van der Waals surface area contributed by atoms with Crippen molar-refractivity contribution in [3.05, 3.63) is 53.1 Å². The monoisotopic (exact) mass is 330 g/mol. The van der Waals surface area contributed by atoms with E-state index in [-0.39, 0.29) is 17.8 Å². The lowest BCUT2D eigenvalue weighted by Gasteiger charge is -2.12. The van der Waals surface area contributed by atoms with Gasteiger partial charge in [0.15, 0.2) is 17.3 Å². The standard InChI is InChI=1S/C18H18O6/c1-22-13-6-4-11(5-7-13)15(19)8-12-9-16(23-2)17(24-3)10-14(12)18(20)21/h4-7,9-10H,8H2,1-3H3,(H,20,21). The number of benzene rings is 2. The van der Waals surface area contributed by atoms with Crippen LogP contribution >= 0.6 is 0 Å². The first-order valence-electron chi connectivity index (χ1n) is 7.15. The molecule has 0 aromatic heterocycles. The molecule has 6 nitrogen and oxygen atoms in total. The zero-order chi connectivity index (χ0) is 17.7. The van der Waals surface area contributed by atoms with Crippen molar-refractivity contribution < 1.29 is 28.9 Å². The van der Waals surface area contributed by atoms with Crippen molar-refractivity contribution in [1.29, 1.82) is 0 Å². The van der Waals surface area contributed by atoms with E-state index in [1.54, 1.807) is 31.4 Å². The number of carbonyl (C=O) groups is 2. The predicted molar refractivity (Wildman–Crippen MR) is 87.5 cm³/mol. The zero-order valence-electron chi connectivity index (χ0n) is 13.7. The predicted octanol–water partition coefficient (Wildman–Crippen LogP) is 2.84. The molecule has 0 bridgehead atoms. The van der Waals surface area contributed by atoms with Crippen LogP contribution in [0, 0.1) is 0 Å². The number of hydrogen-bond acceptors (Lipinski definition) is 5. The summed E-state index contributed by atoms with van der Waals surface area (Å²) in [6.45, 7) is 0. The molecular weight excluding hydrogens is 312 g/mol. The molecule has 0 aliphatic heterocycles. The maximum absolute atomic E-state index is 12.4. The molecule has 0 spiro atoms. The third-order valence-corrected chi connectivity index (χ3v) is 3.60. The number of Topliss-reactive ketones (excluding diaryl/α,β-unsaturated/α-hetero) is 1. The van der Waals surface area contributed by atoms with Gasteiger partial charge in [0.25, 0.3) is 0 Å². The second-order valence-electron chi connectivity index (χ2n) is 5.00. The SMILES string of the molecule is COc1ccc(C(=O)Cc2cc(OC)c(OC)cc2C(=O)O)cc1. The summed E-state index contributed by atoms with van der Waals surface area (Å²) in [5.41, 5.74) is 0.845. The van der Waals surface area contributed by atoms with Gasteiger partial charge in [-0.25, -0.2) is 4.79 Å². The Kier molecular flexibility index (Phi) is 5.42. The number of ether oxygens (including phenoxy) is 3. The Morgan fingerprint density at radius 2 is 1.50 bits per heavy atom. The lowest BCUT2D eigenvalue weighted by Crippen LogP contribution is -2.10. The second-order valence-corrected chi connectivity index (χ2v) is 5.00. The number of rotatable bonds is 7. The van der Waals surface area contributed by atoms with Gasteiger partial charge in [-0.3, -0.25) is 4.79 Å². The largest absolute Gasteiger partial charge is 0.497 e. The molecule has 2 aromatic rings. The molecule has 0 atom stereocenters. The van der Waals surface area contributed by atoms with E-state index in [1.165, 1.54) is 26.4 Å². The van der Waals surface area contributed by atoms with Crippen molar-refractivity contribution in [2.45, 2.75) is 6.42 Å². The number of carboxylic acid groups (broad SMARTS) is 1. The van der Waals surface area contributed by atoms with Crippen molar-refractivity contribution in [2.75, 3.05) is 21.3 Å². The number of aromatic carboxylic acids is 1. The summed E-state index contributed by atoms with van der Waals surface area (Å²) in [6.07, 6.45) is -0.0612. The van der Waals surface area contributed by atoms with Crippen molar-refractivity contribution in [3.8, 4) is 17.2 Å². The molecule has 0 aliphatic carbocycles. The van der Waals surface area contributed by atoms with Gasteiger partial charge in [0.05, 0.1) is 26.9 Å². The van der Waals surface area contributed by atoms with Gasteiger partial charge in [0.2, 0.25) is 0 Å². The fourth-order valence-electron chi connectivity index (χ4n) is 2.32. The fraction of sp³-hybridized carbons (Fsp3) is 0.222. The molecule has 2 aromatic carbocycles. The fourth-order valence-corrected chi connectivity index (χ4v) is 2.32. The summed E-state index contributed by atoms with van der Waals surface area (Å²) < 4.78 is 15.3. The number of carbonyl (C=O) groups excluding carboxylic acids is 1. The Labute approximate surface area is 139 Å². The van der Waals surface area contributed by atoms with E-state index < -0.39 is 5.97 Å². The minimum atomic E-state index is -1.13. The van der Waals surface area contributed by atoms with Crippen LogP contribution in [-0.4, -0.2) is 38.2 Å². The van der Waals surface area contributed by atoms with Gasteiger partial charge >= 0.3 is 5.97 Å². The first-order valence-corrected chi connectivity index (χ1v) is 7.15. The summed E-state index contributed by atoms with van der Waals surface area (Å²) in [5.74, 6) is -0.0136.